The fraction of sp³-hybridized carbons (Fsp3) is 0.227. The zero-order valence-electron chi connectivity index (χ0n) is 17.7. The second-order valence-electron chi connectivity index (χ2n) is 6.84. The number of thiazole rings is 1. The third kappa shape index (κ3) is 5.32. The van der Waals surface area contributed by atoms with Crippen molar-refractivity contribution < 1.29 is 9.53 Å². The predicted molar refractivity (Wildman–Crippen MR) is 126 cm³/mol. The summed E-state index contributed by atoms with van der Waals surface area (Å²) >= 11 is 2.96. The average Bonchev–Trinajstić information content (AvgIpc) is 3.44. The van der Waals surface area contributed by atoms with E-state index in [-0.39, 0.29) is 12.3 Å². The van der Waals surface area contributed by atoms with Gasteiger partial charge in [-0.2, -0.15) is 4.68 Å². The molecule has 0 fully saturated rings. The smallest absolute Gasteiger partial charge is 0.231 e. The number of rotatable bonds is 9. The van der Waals surface area contributed by atoms with Crippen molar-refractivity contribution in [1.82, 2.24) is 25.2 Å². The summed E-state index contributed by atoms with van der Waals surface area (Å²) in [4.78, 5) is 17.0. The van der Waals surface area contributed by atoms with E-state index in [1.54, 1.807) is 4.68 Å². The van der Waals surface area contributed by atoms with E-state index in [1.165, 1.54) is 23.1 Å². The quantitative estimate of drug-likeness (QED) is 0.368. The number of aromatic nitrogens is 5. The van der Waals surface area contributed by atoms with Crippen molar-refractivity contribution in [2.24, 2.45) is 0 Å². The van der Waals surface area contributed by atoms with E-state index in [4.69, 9.17) is 4.74 Å². The molecule has 2 aromatic carbocycles. The Morgan fingerprint density at radius 2 is 2.00 bits per heavy atom. The molecule has 10 heteroatoms. The number of hydrogen-bond donors (Lipinski definition) is 1. The highest BCUT2D eigenvalue weighted by atomic mass is 32.2. The highest BCUT2D eigenvalue weighted by Crippen LogP contribution is 2.28. The molecule has 32 heavy (non-hydrogen) atoms. The Morgan fingerprint density at radius 3 is 2.84 bits per heavy atom. The Bertz CT molecular complexity index is 1210. The van der Waals surface area contributed by atoms with E-state index in [9.17, 15) is 4.79 Å². The summed E-state index contributed by atoms with van der Waals surface area (Å²) in [6.07, 6.45) is 0.239. The van der Waals surface area contributed by atoms with Crippen LogP contribution in [0.3, 0.4) is 0 Å². The number of tetrazole rings is 1. The number of ether oxygens (including phenoxy) is 1. The monoisotopic (exact) mass is 466 g/mol. The van der Waals surface area contributed by atoms with Crippen molar-refractivity contribution in [1.29, 1.82) is 0 Å². The van der Waals surface area contributed by atoms with Gasteiger partial charge in [-0.25, -0.2) is 4.98 Å². The van der Waals surface area contributed by atoms with Gasteiger partial charge in [0.2, 0.25) is 11.1 Å². The first-order valence-electron chi connectivity index (χ1n) is 10.1. The minimum atomic E-state index is -0.0793. The Kier molecular flexibility index (Phi) is 7.13. The van der Waals surface area contributed by atoms with Gasteiger partial charge in [-0.15, -0.1) is 16.4 Å². The number of carbonyl (C=O) groups excluding carboxylic acids is 1. The van der Waals surface area contributed by atoms with Gasteiger partial charge in [-0.1, -0.05) is 42.1 Å². The molecule has 2 heterocycles. The molecule has 0 aliphatic rings. The van der Waals surface area contributed by atoms with Gasteiger partial charge in [0.05, 0.1) is 18.7 Å². The van der Waals surface area contributed by atoms with Gasteiger partial charge in [0.25, 0.3) is 0 Å². The molecule has 1 amide bonds. The van der Waals surface area contributed by atoms with Crippen molar-refractivity contribution >= 4 is 34.7 Å². The number of benzene rings is 2. The number of amides is 1. The van der Waals surface area contributed by atoms with Gasteiger partial charge in [-0.05, 0) is 48.0 Å². The number of para-hydroxylation sites is 3. The number of hydrogen-bond acceptors (Lipinski definition) is 8. The highest BCUT2D eigenvalue weighted by Gasteiger charge is 2.15. The number of carbonyl (C=O) groups is 1. The van der Waals surface area contributed by atoms with E-state index in [0.717, 1.165) is 33.4 Å². The number of aryl methyl sites for hydroxylation is 1. The fourth-order valence-electron chi connectivity index (χ4n) is 3.01. The van der Waals surface area contributed by atoms with Gasteiger partial charge >= 0.3 is 0 Å². The van der Waals surface area contributed by atoms with Crippen LogP contribution in [0.1, 0.15) is 23.2 Å². The van der Waals surface area contributed by atoms with Crippen LogP contribution in [0.5, 0.6) is 5.75 Å². The standard InChI is InChI=1S/C22H22N6O2S2/c1-3-30-19-11-7-6-10-18(19)28-22(25-26-27-28)32-14-16-13-31-21(23-16)12-20(29)24-17-9-5-4-8-15(17)2/h4-11,13H,3,12,14H2,1-2H3,(H,24,29). The normalized spacial score (nSPS) is 10.8. The second kappa shape index (κ2) is 10.4. The molecule has 4 rings (SSSR count). The largest absolute Gasteiger partial charge is 0.492 e. The maximum Gasteiger partial charge on any atom is 0.231 e. The minimum absolute atomic E-state index is 0.0793. The molecule has 4 aromatic rings. The van der Waals surface area contributed by atoms with E-state index >= 15 is 0 Å². The number of thioether (sulfide) groups is 1. The summed E-state index contributed by atoms with van der Waals surface area (Å²) < 4.78 is 7.36. The molecular formula is C22H22N6O2S2. The number of anilines is 1. The Labute approximate surface area is 194 Å². The zero-order chi connectivity index (χ0) is 22.3. The maximum atomic E-state index is 12.4. The lowest BCUT2D eigenvalue weighted by molar-refractivity contribution is -0.115. The summed E-state index contributed by atoms with van der Waals surface area (Å²) in [6, 6.07) is 15.4. The van der Waals surface area contributed by atoms with Gasteiger partial charge < -0.3 is 10.1 Å². The van der Waals surface area contributed by atoms with Gasteiger partial charge in [0.15, 0.2) is 0 Å². The number of nitrogens with zero attached hydrogens (tertiary/aromatic N) is 5. The van der Waals surface area contributed by atoms with Crippen molar-refractivity contribution in [2.75, 3.05) is 11.9 Å². The summed E-state index contributed by atoms with van der Waals surface area (Å²) in [5.41, 5.74) is 3.52. The van der Waals surface area contributed by atoms with Crippen molar-refractivity contribution in [3.05, 3.63) is 70.2 Å². The van der Waals surface area contributed by atoms with Crippen LogP contribution in [0, 0.1) is 6.92 Å². The van der Waals surface area contributed by atoms with Crippen LogP contribution < -0.4 is 10.1 Å². The molecule has 0 saturated carbocycles. The van der Waals surface area contributed by atoms with Gasteiger partial charge in [-0.3, -0.25) is 4.79 Å². The Balaban J connectivity index is 1.38. The van der Waals surface area contributed by atoms with Crippen LogP contribution in [0.15, 0.2) is 59.1 Å². The SMILES string of the molecule is CCOc1ccccc1-n1nnnc1SCc1csc(CC(=O)Nc2ccccc2C)n1. The molecule has 0 radical (unpaired) electrons. The summed E-state index contributed by atoms with van der Waals surface area (Å²) in [5.74, 6) is 1.23. The summed E-state index contributed by atoms with van der Waals surface area (Å²) in [6.45, 7) is 4.46. The third-order valence-corrected chi connectivity index (χ3v) is 6.36. The van der Waals surface area contributed by atoms with Crippen LogP contribution in [-0.4, -0.2) is 37.7 Å². The van der Waals surface area contributed by atoms with Crippen molar-refractivity contribution in [3.8, 4) is 11.4 Å². The first kappa shape index (κ1) is 22.0. The molecular weight excluding hydrogens is 444 g/mol. The average molecular weight is 467 g/mol. The van der Waals surface area contributed by atoms with E-state index in [1.807, 2.05) is 67.8 Å². The van der Waals surface area contributed by atoms with Gasteiger partial charge in [0, 0.05) is 16.8 Å². The van der Waals surface area contributed by atoms with Crippen LogP contribution in [0.2, 0.25) is 0 Å². The third-order valence-electron chi connectivity index (χ3n) is 4.51. The van der Waals surface area contributed by atoms with Crippen LogP contribution >= 0.6 is 23.1 Å². The van der Waals surface area contributed by atoms with Crippen molar-refractivity contribution in [3.63, 3.8) is 0 Å². The van der Waals surface area contributed by atoms with Crippen LogP contribution in [-0.2, 0) is 17.0 Å². The Hall–Kier alpha value is -3.24. The van der Waals surface area contributed by atoms with E-state index in [0.29, 0.717) is 17.5 Å². The lowest BCUT2D eigenvalue weighted by Crippen LogP contribution is -2.15. The highest BCUT2D eigenvalue weighted by molar-refractivity contribution is 7.98. The topological polar surface area (TPSA) is 94.8 Å². The molecule has 0 atom stereocenters. The second-order valence-corrected chi connectivity index (χ2v) is 8.72. The molecule has 8 nitrogen and oxygen atoms in total. The molecule has 0 unspecified atom stereocenters. The molecule has 2 aromatic heterocycles. The summed E-state index contributed by atoms with van der Waals surface area (Å²) in [7, 11) is 0. The lowest BCUT2D eigenvalue weighted by atomic mass is 10.2. The lowest BCUT2D eigenvalue weighted by Gasteiger charge is -2.10. The predicted octanol–water partition coefficient (Wildman–Crippen LogP) is 4.30. The number of nitrogens with one attached hydrogen (secondary N) is 1. The minimum Gasteiger partial charge on any atom is -0.492 e. The van der Waals surface area contributed by atoms with Crippen LogP contribution in [0.25, 0.3) is 5.69 Å². The zero-order valence-corrected chi connectivity index (χ0v) is 19.3. The molecule has 0 spiro atoms. The maximum absolute atomic E-state index is 12.4. The van der Waals surface area contributed by atoms with Crippen molar-refractivity contribution in [2.45, 2.75) is 31.2 Å². The molecule has 0 bridgehead atoms. The summed E-state index contributed by atoms with van der Waals surface area (Å²) in [5, 5.41) is 18.4. The Morgan fingerprint density at radius 1 is 1.19 bits per heavy atom. The van der Waals surface area contributed by atoms with Crippen LogP contribution in [0.4, 0.5) is 5.69 Å². The van der Waals surface area contributed by atoms with E-state index < -0.39 is 0 Å². The van der Waals surface area contributed by atoms with Gasteiger partial charge in [0.1, 0.15) is 16.4 Å². The van der Waals surface area contributed by atoms with E-state index in [2.05, 4.69) is 25.8 Å². The fourth-order valence-corrected chi connectivity index (χ4v) is 4.68. The molecule has 1 N–H and O–H groups in total. The molecule has 0 aliphatic heterocycles. The molecule has 164 valence electrons. The molecule has 0 aliphatic carbocycles. The first-order chi connectivity index (χ1) is 15.6. The first-order valence-corrected chi connectivity index (χ1v) is 11.9. The molecule has 0 saturated heterocycles.